The van der Waals surface area contributed by atoms with Crippen LogP contribution in [0.3, 0.4) is 0 Å². The summed E-state index contributed by atoms with van der Waals surface area (Å²) in [6, 6.07) is 4.96. The second kappa shape index (κ2) is 3.64. The van der Waals surface area contributed by atoms with Gasteiger partial charge in [-0.1, -0.05) is 19.1 Å². The smallest absolute Gasteiger partial charge is 0.0208 e. The van der Waals surface area contributed by atoms with E-state index in [1.54, 1.807) is 22.3 Å². The first-order valence-electron chi connectivity index (χ1n) is 6.23. The summed E-state index contributed by atoms with van der Waals surface area (Å²) in [6.07, 6.45) is 5.25. The van der Waals surface area contributed by atoms with Crippen molar-refractivity contribution in [1.29, 1.82) is 0 Å². The summed E-state index contributed by atoms with van der Waals surface area (Å²) in [6.45, 7) is 4.52. The average molecular weight is 201 g/mol. The molecule has 1 aromatic carbocycles. The Kier molecular flexibility index (Phi) is 2.28. The Morgan fingerprint density at radius 2 is 2.13 bits per heavy atom. The SMILES string of the molecule is CCc1cc2c(cc1C1CC1)CNCC2. The van der Waals surface area contributed by atoms with E-state index in [0.29, 0.717) is 0 Å². The molecule has 80 valence electrons. The van der Waals surface area contributed by atoms with Crippen LogP contribution in [0.2, 0.25) is 0 Å². The minimum absolute atomic E-state index is 0.896. The third-order valence-electron chi connectivity index (χ3n) is 3.75. The maximum absolute atomic E-state index is 3.46. The monoisotopic (exact) mass is 201 g/mol. The predicted molar refractivity (Wildman–Crippen MR) is 63.2 cm³/mol. The van der Waals surface area contributed by atoms with Crippen molar-refractivity contribution in [2.75, 3.05) is 6.54 Å². The van der Waals surface area contributed by atoms with Crippen LogP contribution in [0.15, 0.2) is 12.1 Å². The molecular weight excluding hydrogens is 182 g/mol. The Bertz CT molecular complexity index is 377. The van der Waals surface area contributed by atoms with Gasteiger partial charge in [0.25, 0.3) is 0 Å². The number of rotatable bonds is 2. The van der Waals surface area contributed by atoms with E-state index in [0.717, 1.165) is 19.0 Å². The van der Waals surface area contributed by atoms with Crippen molar-refractivity contribution < 1.29 is 0 Å². The van der Waals surface area contributed by atoms with E-state index in [-0.39, 0.29) is 0 Å². The molecule has 1 nitrogen and oxygen atoms in total. The Hall–Kier alpha value is -0.820. The van der Waals surface area contributed by atoms with Crippen molar-refractivity contribution >= 4 is 0 Å². The van der Waals surface area contributed by atoms with Gasteiger partial charge in [0.1, 0.15) is 0 Å². The maximum Gasteiger partial charge on any atom is 0.0208 e. The van der Waals surface area contributed by atoms with E-state index in [2.05, 4.69) is 24.4 Å². The van der Waals surface area contributed by atoms with E-state index in [4.69, 9.17) is 0 Å². The van der Waals surface area contributed by atoms with Gasteiger partial charge in [0.05, 0.1) is 0 Å². The number of hydrogen-bond acceptors (Lipinski definition) is 1. The molecule has 0 unspecified atom stereocenters. The van der Waals surface area contributed by atoms with Gasteiger partial charge in [0.2, 0.25) is 0 Å². The lowest BCUT2D eigenvalue weighted by Crippen LogP contribution is -2.24. The van der Waals surface area contributed by atoms with Gasteiger partial charge in [0, 0.05) is 6.54 Å². The summed E-state index contributed by atoms with van der Waals surface area (Å²) in [5.74, 6) is 0.896. The molecule has 1 heteroatoms. The van der Waals surface area contributed by atoms with Crippen molar-refractivity contribution in [2.45, 2.75) is 45.1 Å². The van der Waals surface area contributed by atoms with Gasteiger partial charge in [-0.2, -0.15) is 0 Å². The van der Waals surface area contributed by atoms with Crippen LogP contribution in [0.25, 0.3) is 0 Å². The maximum atomic E-state index is 3.46. The van der Waals surface area contributed by atoms with Crippen LogP contribution in [-0.4, -0.2) is 6.54 Å². The number of benzene rings is 1. The van der Waals surface area contributed by atoms with Crippen molar-refractivity contribution in [2.24, 2.45) is 0 Å². The molecule has 0 aromatic heterocycles. The standard InChI is InChI=1S/C14H19N/c1-2-10-7-12-5-6-15-9-13(12)8-14(10)11-3-4-11/h7-8,11,15H,2-6,9H2,1H3. The molecule has 1 aliphatic heterocycles. The molecule has 0 radical (unpaired) electrons. The zero-order chi connectivity index (χ0) is 10.3. The molecule has 1 aromatic rings. The fourth-order valence-corrected chi connectivity index (χ4v) is 2.68. The minimum atomic E-state index is 0.896. The molecule has 0 atom stereocenters. The highest BCUT2D eigenvalue weighted by Gasteiger charge is 2.26. The lowest BCUT2D eigenvalue weighted by molar-refractivity contribution is 0.641. The molecule has 0 amide bonds. The third-order valence-corrected chi connectivity index (χ3v) is 3.75. The Morgan fingerprint density at radius 3 is 2.87 bits per heavy atom. The molecule has 1 N–H and O–H groups in total. The highest BCUT2D eigenvalue weighted by atomic mass is 14.9. The molecular formula is C14H19N. The normalized spacial score (nSPS) is 20.1. The van der Waals surface area contributed by atoms with E-state index in [9.17, 15) is 0 Å². The molecule has 1 aliphatic carbocycles. The van der Waals surface area contributed by atoms with Crippen LogP contribution in [-0.2, 0) is 19.4 Å². The summed E-state index contributed by atoms with van der Waals surface area (Å²) in [5.41, 5.74) is 6.41. The fourth-order valence-electron chi connectivity index (χ4n) is 2.68. The average Bonchev–Trinajstić information content (AvgIpc) is 3.11. The lowest BCUT2D eigenvalue weighted by atomic mass is 9.91. The van der Waals surface area contributed by atoms with Crippen molar-refractivity contribution in [3.05, 3.63) is 34.4 Å². The second-order valence-corrected chi connectivity index (χ2v) is 4.87. The van der Waals surface area contributed by atoms with Gasteiger partial charge in [0.15, 0.2) is 0 Å². The van der Waals surface area contributed by atoms with E-state index in [1.807, 2.05) is 0 Å². The van der Waals surface area contributed by atoms with Crippen LogP contribution in [0.4, 0.5) is 0 Å². The Balaban J connectivity index is 2.05. The molecule has 2 aliphatic rings. The topological polar surface area (TPSA) is 12.0 Å². The first-order chi connectivity index (χ1) is 7.38. The molecule has 1 fully saturated rings. The summed E-state index contributed by atoms with van der Waals surface area (Å²) >= 11 is 0. The van der Waals surface area contributed by atoms with Gasteiger partial charge in [-0.15, -0.1) is 0 Å². The first kappa shape index (κ1) is 9.41. The van der Waals surface area contributed by atoms with Crippen LogP contribution >= 0.6 is 0 Å². The summed E-state index contributed by atoms with van der Waals surface area (Å²) < 4.78 is 0. The molecule has 0 bridgehead atoms. The van der Waals surface area contributed by atoms with Crippen LogP contribution in [0, 0.1) is 0 Å². The predicted octanol–water partition coefficient (Wildman–Crippen LogP) is 2.77. The molecule has 0 saturated heterocycles. The van der Waals surface area contributed by atoms with Crippen molar-refractivity contribution in [1.82, 2.24) is 5.32 Å². The highest BCUT2D eigenvalue weighted by Crippen LogP contribution is 2.42. The van der Waals surface area contributed by atoms with Gasteiger partial charge in [-0.05, 0) is 60.4 Å². The quantitative estimate of drug-likeness (QED) is 0.776. The molecule has 3 rings (SSSR count). The summed E-state index contributed by atoms with van der Waals surface area (Å²) in [5, 5.41) is 3.46. The van der Waals surface area contributed by atoms with Gasteiger partial charge >= 0.3 is 0 Å². The molecule has 1 heterocycles. The van der Waals surface area contributed by atoms with Crippen LogP contribution < -0.4 is 5.32 Å². The third kappa shape index (κ3) is 1.69. The van der Waals surface area contributed by atoms with E-state index < -0.39 is 0 Å². The summed E-state index contributed by atoms with van der Waals surface area (Å²) in [4.78, 5) is 0. The highest BCUT2D eigenvalue weighted by molar-refractivity contribution is 5.43. The second-order valence-electron chi connectivity index (χ2n) is 4.87. The Labute approximate surface area is 91.9 Å². The largest absolute Gasteiger partial charge is 0.312 e. The molecule has 1 saturated carbocycles. The number of aryl methyl sites for hydroxylation is 1. The number of fused-ring (bicyclic) bond motifs is 1. The van der Waals surface area contributed by atoms with Gasteiger partial charge in [-0.25, -0.2) is 0 Å². The fraction of sp³-hybridized carbons (Fsp3) is 0.571. The zero-order valence-corrected chi connectivity index (χ0v) is 9.47. The van der Waals surface area contributed by atoms with Gasteiger partial charge < -0.3 is 5.32 Å². The Morgan fingerprint density at radius 1 is 1.27 bits per heavy atom. The zero-order valence-electron chi connectivity index (χ0n) is 9.47. The molecule has 0 spiro atoms. The summed E-state index contributed by atoms with van der Waals surface area (Å²) in [7, 11) is 0. The number of nitrogens with one attached hydrogen (secondary N) is 1. The minimum Gasteiger partial charge on any atom is -0.312 e. The lowest BCUT2D eigenvalue weighted by Gasteiger charge is -2.20. The van der Waals surface area contributed by atoms with E-state index >= 15 is 0 Å². The van der Waals surface area contributed by atoms with Gasteiger partial charge in [-0.3, -0.25) is 0 Å². The van der Waals surface area contributed by atoms with Crippen molar-refractivity contribution in [3.8, 4) is 0 Å². The van der Waals surface area contributed by atoms with Crippen molar-refractivity contribution in [3.63, 3.8) is 0 Å². The molecule has 15 heavy (non-hydrogen) atoms. The van der Waals surface area contributed by atoms with E-state index in [1.165, 1.54) is 25.7 Å². The van der Waals surface area contributed by atoms with Crippen LogP contribution in [0.5, 0.6) is 0 Å². The first-order valence-corrected chi connectivity index (χ1v) is 6.23. The van der Waals surface area contributed by atoms with Crippen LogP contribution in [0.1, 0.15) is 47.9 Å². The number of hydrogen-bond donors (Lipinski definition) is 1.